The topological polar surface area (TPSA) is 65.0 Å². The number of aryl methyl sites for hydroxylation is 2. The zero-order valence-electron chi connectivity index (χ0n) is 19.2. The van der Waals surface area contributed by atoms with Crippen molar-refractivity contribution in [2.75, 3.05) is 26.9 Å². The van der Waals surface area contributed by atoms with Crippen LogP contribution in [0.15, 0.2) is 36.4 Å². The number of carbonyl (C=O) groups is 1. The summed E-state index contributed by atoms with van der Waals surface area (Å²) in [6.45, 7) is 4.27. The third-order valence-corrected chi connectivity index (χ3v) is 6.99. The molecule has 0 fully saturated rings. The molecular formula is C25H27F3O5S. The lowest BCUT2D eigenvalue weighted by Crippen LogP contribution is -2.10. The average molecular weight is 497 g/mol. The van der Waals surface area contributed by atoms with Gasteiger partial charge in [-0.15, -0.1) is 11.3 Å². The normalized spacial score (nSPS) is 12.6. The fourth-order valence-electron chi connectivity index (χ4n) is 3.81. The third kappa shape index (κ3) is 6.42. The van der Waals surface area contributed by atoms with Crippen molar-refractivity contribution in [3.05, 3.63) is 58.0 Å². The standard InChI is InChI=1S/C25H27F3O5S/c1-15-12-19(5-7-21(15)33-14-23(29)30)32-11-9-17(8-10-31-3)24-16(2)20-6-4-18(25(26,27)28)13-22(20)34-24/h4-7,12-13,17H,8-11,14H2,1-3H3,(H,29,30). The molecule has 0 radical (unpaired) electrons. The summed E-state index contributed by atoms with van der Waals surface area (Å²) in [5.41, 5.74) is 1.11. The number of rotatable bonds is 11. The Morgan fingerprint density at radius 2 is 1.79 bits per heavy atom. The van der Waals surface area contributed by atoms with E-state index in [0.29, 0.717) is 35.8 Å². The lowest BCUT2D eigenvalue weighted by Gasteiger charge is -2.17. The van der Waals surface area contributed by atoms with Gasteiger partial charge < -0.3 is 19.3 Å². The maximum Gasteiger partial charge on any atom is 0.416 e. The molecular weight excluding hydrogens is 469 g/mol. The van der Waals surface area contributed by atoms with Crippen LogP contribution in [0.3, 0.4) is 0 Å². The molecule has 0 amide bonds. The third-order valence-electron chi connectivity index (χ3n) is 5.58. The fourth-order valence-corrected chi connectivity index (χ4v) is 5.23. The van der Waals surface area contributed by atoms with Crippen molar-refractivity contribution in [3.63, 3.8) is 0 Å². The molecule has 9 heteroatoms. The summed E-state index contributed by atoms with van der Waals surface area (Å²) in [5.74, 6) is 0.138. The van der Waals surface area contributed by atoms with Gasteiger partial charge in [0.15, 0.2) is 6.61 Å². The first-order valence-corrected chi connectivity index (χ1v) is 11.6. The van der Waals surface area contributed by atoms with Crippen molar-refractivity contribution in [1.29, 1.82) is 0 Å². The van der Waals surface area contributed by atoms with Crippen molar-refractivity contribution < 1.29 is 37.3 Å². The van der Waals surface area contributed by atoms with E-state index in [1.165, 1.54) is 17.4 Å². The first-order chi connectivity index (χ1) is 16.1. The van der Waals surface area contributed by atoms with E-state index in [9.17, 15) is 18.0 Å². The predicted octanol–water partition coefficient (Wildman–Crippen LogP) is 6.59. The minimum Gasteiger partial charge on any atom is -0.494 e. The summed E-state index contributed by atoms with van der Waals surface area (Å²) < 4.78 is 56.5. The second-order valence-electron chi connectivity index (χ2n) is 8.03. The van der Waals surface area contributed by atoms with Crippen molar-refractivity contribution in [2.24, 2.45) is 0 Å². The van der Waals surface area contributed by atoms with Crippen LogP contribution in [-0.4, -0.2) is 38.0 Å². The summed E-state index contributed by atoms with van der Waals surface area (Å²) in [5, 5.41) is 9.59. The van der Waals surface area contributed by atoms with Crippen molar-refractivity contribution in [3.8, 4) is 11.5 Å². The molecule has 1 unspecified atom stereocenters. The summed E-state index contributed by atoms with van der Waals surface area (Å²) in [7, 11) is 1.62. The van der Waals surface area contributed by atoms with Gasteiger partial charge in [0, 0.05) is 23.3 Å². The first kappa shape index (κ1) is 25.8. The number of carboxylic acids is 1. The molecule has 34 heavy (non-hydrogen) atoms. The van der Waals surface area contributed by atoms with Gasteiger partial charge in [0.05, 0.1) is 12.2 Å². The SMILES string of the molecule is COCCC(CCOc1ccc(OCC(=O)O)c(C)c1)c1sc2cc(C(F)(F)F)ccc2c1C. The highest BCUT2D eigenvalue weighted by Crippen LogP contribution is 2.41. The van der Waals surface area contributed by atoms with Gasteiger partial charge in [-0.25, -0.2) is 4.79 Å². The summed E-state index contributed by atoms with van der Waals surface area (Å²) >= 11 is 1.40. The number of thiophene rings is 1. The molecule has 1 atom stereocenters. The largest absolute Gasteiger partial charge is 0.494 e. The van der Waals surface area contributed by atoms with Crippen LogP contribution < -0.4 is 9.47 Å². The summed E-state index contributed by atoms with van der Waals surface area (Å²) in [6, 6.07) is 9.07. The Morgan fingerprint density at radius 1 is 1.06 bits per heavy atom. The Bertz CT molecular complexity index is 1140. The van der Waals surface area contributed by atoms with Crippen LogP contribution in [0.1, 0.15) is 40.3 Å². The highest BCUT2D eigenvalue weighted by atomic mass is 32.1. The molecule has 0 bridgehead atoms. The number of halogens is 3. The molecule has 5 nitrogen and oxygen atoms in total. The van der Waals surface area contributed by atoms with Crippen molar-refractivity contribution >= 4 is 27.4 Å². The Labute approximate surface area is 200 Å². The molecule has 184 valence electrons. The number of methoxy groups -OCH3 is 1. The zero-order chi connectivity index (χ0) is 24.9. The number of carboxylic acid groups (broad SMARTS) is 1. The van der Waals surface area contributed by atoms with Crippen molar-refractivity contribution in [1.82, 2.24) is 0 Å². The minimum absolute atomic E-state index is 0.0750. The number of aliphatic carboxylic acids is 1. The maximum absolute atomic E-state index is 13.1. The Kier molecular flexibility index (Phi) is 8.43. The van der Waals surface area contributed by atoms with Gasteiger partial charge in [-0.05, 0) is 79.5 Å². The lowest BCUT2D eigenvalue weighted by atomic mass is 9.96. The van der Waals surface area contributed by atoms with E-state index in [1.807, 2.05) is 6.92 Å². The van der Waals surface area contributed by atoms with Crippen LogP contribution in [0.5, 0.6) is 11.5 Å². The average Bonchev–Trinajstić information content (AvgIpc) is 3.10. The quantitative estimate of drug-likeness (QED) is 0.324. The molecule has 0 aliphatic rings. The monoisotopic (exact) mass is 496 g/mol. The van der Waals surface area contributed by atoms with E-state index in [2.05, 4.69) is 0 Å². The van der Waals surface area contributed by atoms with Crippen LogP contribution in [0.2, 0.25) is 0 Å². The molecule has 3 aromatic rings. The molecule has 0 aliphatic heterocycles. The van der Waals surface area contributed by atoms with Crippen LogP contribution >= 0.6 is 11.3 Å². The fraction of sp³-hybridized carbons (Fsp3) is 0.400. The Hall–Kier alpha value is -2.78. The van der Waals surface area contributed by atoms with E-state index in [-0.39, 0.29) is 5.92 Å². The minimum atomic E-state index is -4.37. The van der Waals surface area contributed by atoms with Gasteiger partial charge in [-0.3, -0.25) is 0 Å². The van der Waals surface area contributed by atoms with Gasteiger partial charge >= 0.3 is 12.1 Å². The zero-order valence-corrected chi connectivity index (χ0v) is 20.0. The second kappa shape index (κ2) is 11.1. The maximum atomic E-state index is 13.1. The van der Waals surface area contributed by atoms with Gasteiger partial charge in [0.2, 0.25) is 0 Å². The van der Waals surface area contributed by atoms with E-state index in [0.717, 1.165) is 33.9 Å². The summed E-state index contributed by atoms with van der Waals surface area (Å²) in [4.78, 5) is 11.7. The molecule has 3 rings (SSSR count). The smallest absolute Gasteiger partial charge is 0.416 e. The molecule has 1 heterocycles. The van der Waals surface area contributed by atoms with Gasteiger partial charge in [0.1, 0.15) is 11.5 Å². The van der Waals surface area contributed by atoms with Gasteiger partial charge in [-0.1, -0.05) is 6.07 Å². The lowest BCUT2D eigenvalue weighted by molar-refractivity contribution is -0.139. The first-order valence-electron chi connectivity index (χ1n) is 10.8. The number of benzene rings is 2. The second-order valence-corrected chi connectivity index (χ2v) is 9.11. The molecule has 1 N–H and O–H groups in total. The van der Waals surface area contributed by atoms with Crippen LogP contribution in [0, 0.1) is 13.8 Å². The van der Waals surface area contributed by atoms with Crippen LogP contribution in [-0.2, 0) is 15.7 Å². The van der Waals surface area contributed by atoms with Gasteiger partial charge in [0.25, 0.3) is 0 Å². The number of ether oxygens (including phenoxy) is 3. The van der Waals surface area contributed by atoms with E-state index < -0.39 is 24.3 Å². The Balaban J connectivity index is 1.73. The Morgan fingerprint density at radius 3 is 2.44 bits per heavy atom. The van der Waals surface area contributed by atoms with E-state index in [1.54, 1.807) is 38.3 Å². The number of hydrogen-bond acceptors (Lipinski definition) is 5. The molecule has 0 aliphatic carbocycles. The van der Waals surface area contributed by atoms with Crippen LogP contribution in [0.4, 0.5) is 13.2 Å². The highest BCUT2D eigenvalue weighted by Gasteiger charge is 2.31. The summed E-state index contributed by atoms with van der Waals surface area (Å²) in [6.07, 6.45) is -2.98. The van der Waals surface area contributed by atoms with Crippen molar-refractivity contribution in [2.45, 2.75) is 38.8 Å². The van der Waals surface area contributed by atoms with E-state index >= 15 is 0 Å². The molecule has 1 aromatic heterocycles. The predicted molar refractivity (Wildman–Crippen MR) is 125 cm³/mol. The molecule has 2 aromatic carbocycles. The van der Waals surface area contributed by atoms with E-state index in [4.69, 9.17) is 19.3 Å². The molecule has 0 saturated heterocycles. The highest BCUT2D eigenvalue weighted by molar-refractivity contribution is 7.19. The number of hydrogen-bond donors (Lipinski definition) is 1. The number of fused-ring (bicyclic) bond motifs is 1. The van der Waals surface area contributed by atoms with Gasteiger partial charge in [-0.2, -0.15) is 13.2 Å². The molecule has 0 saturated carbocycles. The number of alkyl halides is 3. The molecule has 0 spiro atoms. The van der Waals surface area contributed by atoms with Crippen LogP contribution in [0.25, 0.3) is 10.1 Å².